The molecule has 0 aliphatic rings. The third-order valence-electron chi connectivity index (χ3n) is 7.76. The maximum Gasteiger partial charge on any atom is 0.417 e. The second-order valence-corrected chi connectivity index (χ2v) is 10.7. The molecule has 7 rings (SSSR count). The van der Waals surface area contributed by atoms with Gasteiger partial charge in [0.05, 0.1) is 33.4 Å². The number of halogens is 3. The molecule has 4 aromatic carbocycles. The standard InChI is InChI=1S/C36H20F3N7/c1-21-6-9-26(30(12-21)36(37,38)39)24-7-10-28-27-4-2-3-5-31(27)46(33(28)14-24)32-11-8-25(34-42-17-22(15-40)18-43-34)13-29(32)35-44-19-23(16-41)20-45-35/h2-14,17-20H,1H3. The summed E-state index contributed by atoms with van der Waals surface area (Å²) in [4.78, 5) is 17.6. The average molecular weight is 608 g/mol. The smallest absolute Gasteiger partial charge is 0.308 e. The number of benzene rings is 4. The van der Waals surface area contributed by atoms with Gasteiger partial charge in [0, 0.05) is 46.7 Å². The van der Waals surface area contributed by atoms with Gasteiger partial charge in [-0.15, -0.1) is 0 Å². The number of nitrogens with zero attached hydrogens (tertiary/aromatic N) is 7. The van der Waals surface area contributed by atoms with E-state index in [0.717, 1.165) is 16.3 Å². The molecule has 0 amide bonds. The van der Waals surface area contributed by atoms with Crippen molar-refractivity contribution >= 4 is 21.8 Å². The van der Waals surface area contributed by atoms with Crippen molar-refractivity contribution in [3.05, 3.63) is 126 Å². The third-order valence-corrected chi connectivity index (χ3v) is 7.76. The minimum atomic E-state index is -4.54. The van der Waals surface area contributed by atoms with Crippen LogP contribution in [-0.4, -0.2) is 24.5 Å². The van der Waals surface area contributed by atoms with Crippen molar-refractivity contribution in [3.63, 3.8) is 0 Å². The van der Waals surface area contributed by atoms with Crippen LogP contribution < -0.4 is 0 Å². The summed E-state index contributed by atoms with van der Waals surface area (Å²) in [5.74, 6) is 0.702. The van der Waals surface area contributed by atoms with Crippen LogP contribution in [0.25, 0.3) is 61.4 Å². The van der Waals surface area contributed by atoms with Crippen molar-refractivity contribution in [1.82, 2.24) is 24.5 Å². The van der Waals surface area contributed by atoms with E-state index in [1.807, 2.05) is 65.2 Å². The third kappa shape index (κ3) is 4.88. The lowest BCUT2D eigenvalue weighted by molar-refractivity contribution is -0.137. The molecule has 0 fully saturated rings. The predicted molar refractivity (Wildman–Crippen MR) is 167 cm³/mol. The van der Waals surface area contributed by atoms with E-state index in [4.69, 9.17) is 0 Å². The summed E-state index contributed by atoms with van der Waals surface area (Å²) in [6.45, 7) is 1.64. The summed E-state index contributed by atoms with van der Waals surface area (Å²) >= 11 is 0. The van der Waals surface area contributed by atoms with Crippen molar-refractivity contribution in [1.29, 1.82) is 10.5 Å². The monoisotopic (exact) mass is 607 g/mol. The molecule has 3 heterocycles. The first-order chi connectivity index (χ1) is 22.2. The Labute approximate surface area is 260 Å². The maximum absolute atomic E-state index is 14.2. The summed E-state index contributed by atoms with van der Waals surface area (Å²) in [5.41, 5.74) is 4.31. The van der Waals surface area contributed by atoms with E-state index in [9.17, 15) is 23.7 Å². The molecule has 0 bridgehead atoms. The lowest BCUT2D eigenvalue weighted by Crippen LogP contribution is -2.07. The number of aryl methyl sites for hydroxylation is 1. The molecule has 0 atom stereocenters. The molecule has 0 aliphatic carbocycles. The second-order valence-electron chi connectivity index (χ2n) is 10.7. The quantitative estimate of drug-likeness (QED) is 0.199. The van der Waals surface area contributed by atoms with Crippen LogP contribution in [0.4, 0.5) is 13.2 Å². The van der Waals surface area contributed by atoms with E-state index in [2.05, 4.69) is 19.9 Å². The maximum atomic E-state index is 14.2. The molecule has 7 aromatic rings. The molecule has 220 valence electrons. The Hall–Kier alpha value is -6.39. The predicted octanol–water partition coefficient (Wildman–Crippen LogP) is 8.44. The Morgan fingerprint density at radius 3 is 1.93 bits per heavy atom. The Morgan fingerprint density at radius 2 is 1.26 bits per heavy atom. The van der Waals surface area contributed by atoms with Crippen molar-refractivity contribution in [3.8, 4) is 51.7 Å². The highest BCUT2D eigenvalue weighted by molar-refractivity contribution is 6.10. The highest BCUT2D eigenvalue weighted by Crippen LogP contribution is 2.41. The topological polar surface area (TPSA) is 104 Å². The fourth-order valence-corrected chi connectivity index (χ4v) is 5.65. The summed E-state index contributed by atoms with van der Waals surface area (Å²) in [6.07, 6.45) is 1.19. The first-order valence-corrected chi connectivity index (χ1v) is 14.1. The van der Waals surface area contributed by atoms with E-state index >= 15 is 0 Å². The number of hydrogen-bond donors (Lipinski definition) is 0. The molecule has 0 unspecified atom stereocenters. The fraction of sp³-hybridized carbons (Fsp3) is 0.0556. The summed E-state index contributed by atoms with van der Waals surface area (Å²) in [7, 11) is 0. The minimum absolute atomic E-state index is 0.0840. The van der Waals surface area contributed by atoms with Gasteiger partial charge in [0.15, 0.2) is 11.6 Å². The molecular weight excluding hydrogens is 587 g/mol. The zero-order chi connectivity index (χ0) is 32.0. The molecule has 3 aromatic heterocycles. The summed E-state index contributed by atoms with van der Waals surface area (Å²) in [6, 6.07) is 27.0. The van der Waals surface area contributed by atoms with E-state index in [0.29, 0.717) is 50.7 Å². The van der Waals surface area contributed by atoms with Gasteiger partial charge in [-0.25, -0.2) is 19.9 Å². The first-order valence-electron chi connectivity index (χ1n) is 14.1. The minimum Gasteiger partial charge on any atom is -0.308 e. The number of aromatic nitrogens is 5. The number of para-hydroxylation sites is 1. The zero-order valence-corrected chi connectivity index (χ0v) is 24.1. The lowest BCUT2D eigenvalue weighted by atomic mass is 9.96. The molecule has 0 spiro atoms. The Morgan fingerprint density at radius 1 is 0.630 bits per heavy atom. The normalized spacial score (nSPS) is 11.4. The fourth-order valence-electron chi connectivity index (χ4n) is 5.65. The summed E-state index contributed by atoms with van der Waals surface area (Å²) in [5, 5.41) is 20.3. The highest BCUT2D eigenvalue weighted by Gasteiger charge is 2.34. The van der Waals surface area contributed by atoms with Gasteiger partial charge in [0.25, 0.3) is 0 Å². The Kier molecular flexibility index (Phi) is 6.76. The Balaban J connectivity index is 1.52. The van der Waals surface area contributed by atoms with Crippen LogP contribution in [-0.2, 0) is 6.18 Å². The van der Waals surface area contributed by atoms with Crippen LogP contribution in [0.1, 0.15) is 22.3 Å². The second kappa shape index (κ2) is 11.0. The molecule has 0 N–H and O–H groups in total. The molecule has 46 heavy (non-hydrogen) atoms. The molecule has 0 saturated heterocycles. The van der Waals surface area contributed by atoms with Gasteiger partial charge < -0.3 is 4.57 Å². The number of rotatable bonds is 4. The molecule has 0 aliphatic heterocycles. The first kappa shape index (κ1) is 28.4. The number of hydrogen-bond acceptors (Lipinski definition) is 6. The van der Waals surface area contributed by atoms with E-state index in [1.165, 1.54) is 36.9 Å². The van der Waals surface area contributed by atoms with Gasteiger partial charge in [0.1, 0.15) is 12.1 Å². The van der Waals surface area contributed by atoms with E-state index in [1.54, 1.807) is 25.1 Å². The SMILES string of the molecule is Cc1ccc(-c2ccc3c4ccccc4n(-c4ccc(-c5ncc(C#N)cn5)cc4-c4ncc(C#N)cn4)c3c2)c(C(F)(F)F)c1. The number of nitriles is 2. The van der Waals surface area contributed by atoms with Crippen LogP contribution >= 0.6 is 0 Å². The zero-order valence-electron chi connectivity index (χ0n) is 24.1. The molecule has 0 saturated carbocycles. The van der Waals surface area contributed by atoms with Crippen LogP contribution in [0, 0.1) is 29.6 Å². The summed E-state index contributed by atoms with van der Waals surface area (Å²) < 4.78 is 44.5. The van der Waals surface area contributed by atoms with Crippen LogP contribution in [0.15, 0.2) is 104 Å². The van der Waals surface area contributed by atoms with Crippen molar-refractivity contribution in [2.45, 2.75) is 13.1 Å². The van der Waals surface area contributed by atoms with Crippen LogP contribution in [0.2, 0.25) is 0 Å². The molecular formula is C36H20F3N7. The van der Waals surface area contributed by atoms with Crippen LogP contribution in [0.5, 0.6) is 0 Å². The van der Waals surface area contributed by atoms with Gasteiger partial charge in [-0.3, -0.25) is 0 Å². The van der Waals surface area contributed by atoms with E-state index in [-0.39, 0.29) is 11.1 Å². The van der Waals surface area contributed by atoms with Crippen molar-refractivity contribution < 1.29 is 13.2 Å². The molecule has 0 radical (unpaired) electrons. The van der Waals surface area contributed by atoms with Gasteiger partial charge in [-0.05, 0) is 54.4 Å². The lowest BCUT2D eigenvalue weighted by Gasteiger charge is -2.16. The van der Waals surface area contributed by atoms with Crippen molar-refractivity contribution in [2.75, 3.05) is 0 Å². The molecule has 7 nitrogen and oxygen atoms in total. The molecule has 10 heteroatoms. The van der Waals surface area contributed by atoms with Crippen molar-refractivity contribution in [2.24, 2.45) is 0 Å². The van der Waals surface area contributed by atoms with Gasteiger partial charge in [-0.1, -0.05) is 48.0 Å². The van der Waals surface area contributed by atoms with Crippen LogP contribution in [0.3, 0.4) is 0 Å². The Bertz CT molecular complexity index is 2380. The van der Waals surface area contributed by atoms with Gasteiger partial charge >= 0.3 is 6.18 Å². The largest absolute Gasteiger partial charge is 0.417 e. The average Bonchev–Trinajstić information content (AvgIpc) is 3.41. The number of alkyl halides is 3. The number of fused-ring (bicyclic) bond motifs is 3. The van der Waals surface area contributed by atoms with Gasteiger partial charge in [0.2, 0.25) is 0 Å². The van der Waals surface area contributed by atoms with E-state index < -0.39 is 11.7 Å². The van der Waals surface area contributed by atoms with Gasteiger partial charge in [-0.2, -0.15) is 23.7 Å². The highest BCUT2D eigenvalue weighted by atomic mass is 19.4.